The highest BCUT2D eigenvalue weighted by molar-refractivity contribution is 7.90. The average Bonchev–Trinajstić information content (AvgIpc) is 2.42. The molecule has 2 rings (SSSR count). The van der Waals surface area contributed by atoms with Crippen molar-refractivity contribution in [1.82, 2.24) is 4.90 Å². The minimum atomic E-state index is -3.38. The lowest BCUT2D eigenvalue weighted by Crippen LogP contribution is -2.37. The molecule has 0 atom stereocenters. The van der Waals surface area contributed by atoms with E-state index in [0.717, 1.165) is 0 Å². The number of unbranched alkanes of at least 4 members (excludes halogenated alkanes) is 1. The third-order valence-electron chi connectivity index (χ3n) is 2.76. The standard InChI is InChI=1S/C13H14N2O4S/c1-2-3-4-8-19-13(16)11-5-6-12-14-20(17,18)9-7-15(12)10-11/h1,5-6,10H,3-4,7-9H2. The molecule has 0 saturated carbocycles. The van der Waals surface area contributed by atoms with Crippen molar-refractivity contribution in [1.29, 1.82) is 0 Å². The van der Waals surface area contributed by atoms with E-state index in [1.165, 1.54) is 12.2 Å². The van der Waals surface area contributed by atoms with Gasteiger partial charge in [-0.15, -0.1) is 16.7 Å². The minimum Gasteiger partial charge on any atom is -0.462 e. The van der Waals surface area contributed by atoms with Crippen LogP contribution in [0.4, 0.5) is 0 Å². The van der Waals surface area contributed by atoms with Crippen molar-refractivity contribution in [2.24, 2.45) is 4.40 Å². The molecule has 0 unspecified atom stereocenters. The number of hydrogen-bond acceptors (Lipinski definition) is 5. The van der Waals surface area contributed by atoms with E-state index in [4.69, 9.17) is 11.2 Å². The maximum absolute atomic E-state index is 11.8. The van der Waals surface area contributed by atoms with Crippen LogP contribution in [0.3, 0.4) is 0 Å². The molecule has 6 nitrogen and oxygen atoms in total. The number of rotatable bonds is 4. The van der Waals surface area contributed by atoms with Crippen molar-refractivity contribution < 1.29 is 17.9 Å². The summed E-state index contributed by atoms with van der Waals surface area (Å²) >= 11 is 0. The zero-order chi connectivity index (χ0) is 14.6. The Morgan fingerprint density at radius 2 is 2.30 bits per heavy atom. The van der Waals surface area contributed by atoms with Gasteiger partial charge in [0.1, 0.15) is 5.84 Å². The fourth-order valence-electron chi connectivity index (χ4n) is 1.74. The van der Waals surface area contributed by atoms with Crippen LogP contribution in [-0.2, 0) is 19.6 Å². The van der Waals surface area contributed by atoms with Gasteiger partial charge in [-0.05, 0) is 18.6 Å². The number of carbonyl (C=O) groups is 1. The molecule has 0 saturated heterocycles. The molecule has 0 aromatic heterocycles. The van der Waals surface area contributed by atoms with Crippen molar-refractivity contribution >= 4 is 21.8 Å². The first-order valence-electron chi connectivity index (χ1n) is 6.11. The van der Waals surface area contributed by atoms with Gasteiger partial charge in [-0.3, -0.25) is 0 Å². The Kier molecular flexibility index (Phi) is 4.25. The number of amidine groups is 1. The molecule has 0 N–H and O–H groups in total. The fourth-order valence-corrected chi connectivity index (χ4v) is 2.71. The van der Waals surface area contributed by atoms with Crippen LogP contribution in [0.1, 0.15) is 12.8 Å². The first-order valence-corrected chi connectivity index (χ1v) is 7.72. The van der Waals surface area contributed by atoms with Crippen molar-refractivity contribution in [2.75, 3.05) is 18.9 Å². The normalized spacial score (nSPS) is 19.4. The average molecular weight is 294 g/mol. The van der Waals surface area contributed by atoms with Crippen LogP contribution < -0.4 is 0 Å². The van der Waals surface area contributed by atoms with Gasteiger partial charge in [-0.1, -0.05) is 0 Å². The molecule has 0 aromatic rings. The van der Waals surface area contributed by atoms with Crippen molar-refractivity contribution in [2.45, 2.75) is 12.8 Å². The van der Waals surface area contributed by atoms with E-state index in [9.17, 15) is 13.2 Å². The van der Waals surface area contributed by atoms with E-state index in [0.29, 0.717) is 24.3 Å². The summed E-state index contributed by atoms with van der Waals surface area (Å²) in [6, 6.07) is 0. The smallest absolute Gasteiger partial charge is 0.339 e. The second-order valence-electron chi connectivity index (χ2n) is 4.29. The number of hydrogen-bond donors (Lipinski definition) is 0. The molecule has 106 valence electrons. The van der Waals surface area contributed by atoms with Gasteiger partial charge in [0.05, 0.1) is 17.9 Å². The lowest BCUT2D eigenvalue weighted by atomic mass is 10.2. The summed E-state index contributed by atoms with van der Waals surface area (Å²) in [6.45, 7) is 0.545. The predicted molar refractivity (Wildman–Crippen MR) is 74.2 cm³/mol. The zero-order valence-electron chi connectivity index (χ0n) is 10.8. The highest BCUT2D eigenvalue weighted by atomic mass is 32.2. The Hall–Kier alpha value is -2.07. The summed E-state index contributed by atoms with van der Waals surface area (Å²) in [5, 5.41) is 0. The fraction of sp³-hybridized carbons (Fsp3) is 0.385. The highest BCUT2D eigenvalue weighted by Crippen LogP contribution is 2.16. The summed E-state index contributed by atoms with van der Waals surface area (Å²) in [5.74, 6) is 2.27. The van der Waals surface area contributed by atoms with Gasteiger partial charge in [0.15, 0.2) is 0 Å². The van der Waals surface area contributed by atoms with Crippen LogP contribution in [0.5, 0.6) is 0 Å². The molecular weight excluding hydrogens is 280 g/mol. The van der Waals surface area contributed by atoms with Crippen LogP contribution in [0.15, 0.2) is 28.3 Å². The first-order chi connectivity index (χ1) is 9.52. The second-order valence-corrected chi connectivity index (χ2v) is 6.04. The molecule has 0 aliphatic carbocycles. The molecule has 2 aliphatic heterocycles. The zero-order valence-corrected chi connectivity index (χ0v) is 11.6. The van der Waals surface area contributed by atoms with Gasteiger partial charge in [0, 0.05) is 19.2 Å². The predicted octanol–water partition coefficient (Wildman–Crippen LogP) is 0.441. The molecule has 0 fully saturated rings. The molecule has 2 heterocycles. The maximum atomic E-state index is 11.8. The third-order valence-corrected chi connectivity index (χ3v) is 3.92. The number of carbonyl (C=O) groups excluding carboxylic acids is 1. The monoisotopic (exact) mass is 294 g/mol. The van der Waals surface area contributed by atoms with Gasteiger partial charge in [-0.25, -0.2) is 13.2 Å². The highest BCUT2D eigenvalue weighted by Gasteiger charge is 2.25. The van der Waals surface area contributed by atoms with Gasteiger partial charge in [-0.2, -0.15) is 0 Å². The Morgan fingerprint density at radius 3 is 3.05 bits per heavy atom. The van der Waals surface area contributed by atoms with Crippen LogP contribution >= 0.6 is 0 Å². The van der Waals surface area contributed by atoms with Gasteiger partial charge < -0.3 is 9.64 Å². The molecule has 0 radical (unpaired) electrons. The van der Waals surface area contributed by atoms with Crippen LogP contribution in [-0.4, -0.2) is 44.0 Å². The topological polar surface area (TPSA) is 76.0 Å². The number of terminal acetylenes is 1. The number of esters is 1. The largest absolute Gasteiger partial charge is 0.462 e. The summed E-state index contributed by atoms with van der Waals surface area (Å²) < 4.78 is 31.4. The van der Waals surface area contributed by atoms with Gasteiger partial charge in [0.25, 0.3) is 10.0 Å². The van der Waals surface area contributed by atoms with E-state index < -0.39 is 16.0 Å². The maximum Gasteiger partial charge on any atom is 0.339 e. The molecule has 7 heteroatoms. The van der Waals surface area contributed by atoms with Crippen molar-refractivity contribution in [3.05, 3.63) is 23.9 Å². The van der Waals surface area contributed by atoms with Crippen molar-refractivity contribution in [3.63, 3.8) is 0 Å². The molecular formula is C13H14N2O4S. The third kappa shape index (κ3) is 3.48. The minimum absolute atomic E-state index is 0.0641. The van der Waals surface area contributed by atoms with E-state index in [1.54, 1.807) is 11.1 Å². The van der Waals surface area contributed by atoms with E-state index >= 15 is 0 Å². The van der Waals surface area contributed by atoms with Gasteiger partial charge in [0.2, 0.25) is 0 Å². The number of fused-ring (bicyclic) bond motifs is 1. The molecule has 0 amide bonds. The number of ether oxygens (including phenoxy) is 1. The van der Waals surface area contributed by atoms with Crippen LogP contribution in [0.25, 0.3) is 0 Å². The summed E-state index contributed by atoms with van der Waals surface area (Å²) in [7, 11) is -3.38. The summed E-state index contributed by atoms with van der Waals surface area (Å²) in [5.41, 5.74) is 0.365. The van der Waals surface area contributed by atoms with E-state index in [-0.39, 0.29) is 18.9 Å². The van der Waals surface area contributed by atoms with Crippen LogP contribution in [0, 0.1) is 12.3 Å². The molecule has 0 spiro atoms. The lowest BCUT2D eigenvalue weighted by molar-refractivity contribution is -0.138. The van der Waals surface area contributed by atoms with Crippen molar-refractivity contribution in [3.8, 4) is 12.3 Å². The first kappa shape index (κ1) is 14.3. The quantitative estimate of drug-likeness (QED) is 0.427. The summed E-state index contributed by atoms with van der Waals surface area (Å²) in [4.78, 5) is 13.4. The Labute approximate surface area is 117 Å². The Morgan fingerprint density at radius 1 is 1.50 bits per heavy atom. The van der Waals surface area contributed by atoms with Gasteiger partial charge >= 0.3 is 5.97 Å². The van der Waals surface area contributed by atoms with E-state index in [2.05, 4.69) is 10.3 Å². The molecule has 2 aliphatic rings. The number of nitrogens with zero attached hydrogens (tertiary/aromatic N) is 2. The Bertz CT molecular complexity index is 638. The molecule has 20 heavy (non-hydrogen) atoms. The Balaban J connectivity index is 2.00. The SMILES string of the molecule is C#CCCCOC(=O)C1=CN2CCS(=O)(=O)N=C2C=C1. The summed E-state index contributed by atoms with van der Waals surface area (Å²) in [6.07, 6.45) is 10.8. The van der Waals surface area contributed by atoms with E-state index in [1.807, 2.05) is 0 Å². The molecule has 0 bridgehead atoms. The number of sulfonamides is 1. The van der Waals surface area contributed by atoms with Crippen LogP contribution in [0.2, 0.25) is 0 Å². The lowest BCUT2D eigenvalue weighted by Gasteiger charge is -2.26. The molecule has 0 aromatic carbocycles. The second kappa shape index (κ2) is 5.92.